The summed E-state index contributed by atoms with van der Waals surface area (Å²) in [6, 6.07) is 0.387. The molecule has 4 heteroatoms. The lowest BCUT2D eigenvalue weighted by Gasteiger charge is -2.37. The molecular weight excluding hydrogens is 250 g/mol. The number of likely N-dealkylation sites (tertiary alicyclic amines) is 1. The molecular formula is C16H29N3O. The van der Waals surface area contributed by atoms with Crippen molar-refractivity contribution in [1.82, 2.24) is 14.7 Å². The monoisotopic (exact) mass is 279 g/mol. The molecule has 1 fully saturated rings. The van der Waals surface area contributed by atoms with E-state index in [1.807, 2.05) is 17.8 Å². The van der Waals surface area contributed by atoms with Crippen molar-refractivity contribution < 1.29 is 5.11 Å². The number of nitrogens with zero attached hydrogens (tertiary/aromatic N) is 3. The molecule has 0 aliphatic carbocycles. The van der Waals surface area contributed by atoms with E-state index in [1.54, 1.807) is 0 Å². The Labute approximate surface area is 122 Å². The van der Waals surface area contributed by atoms with Gasteiger partial charge in [-0.2, -0.15) is 5.10 Å². The maximum Gasteiger partial charge on any atom is 0.0667 e. The normalized spacial score (nSPS) is 22.1. The second-order valence-corrected chi connectivity index (χ2v) is 6.18. The molecule has 1 aromatic heterocycles. The van der Waals surface area contributed by atoms with Gasteiger partial charge in [-0.15, -0.1) is 0 Å². The Morgan fingerprint density at radius 1 is 1.30 bits per heavy atom. The number of aromatic nitrogens is 2. The lowest BCUT2D eigenvalue weighted by molar-refractivity contribution is 0.0355. The van der Waals surface area contributed by atoms with Crippen LogP contribution in [0.4, 0.5) is 0 Å². The van der Waals surface area contributed by atoms with E-state index in [1.165, 1.54) is 37.7 Å². The number of aliphatic hydroxyl groups is 1. The fraction of sp³-hybridized carbons (Fsp3) is 0.812. The zero-order chi connectivity index (χ0) is 14.4. The molecule has 1 N–H and O–H groups in total. The Morgan fingerprint density at radius 3 is 2.80 bits per heavy atom. The lowest BCUT2D eigenvalue weighted by Crippen LogP contribution is -2.46. The quantitative estimate of drug-likeness (QED) is 0.780. The highest BCUT2D eigenvalue weighted by atomic mass is 16.3. The SMILES string of the molecule is Cc1cnn(CCCCCN2CCCCC2C(C)O)c1. The van der Waals surface area contributed by atoms with Gasteiger partial charge in [0.05, 0.1) is 12.3 Å². The van der Waals surface area contributed by atoms with E-state index in [0.717, 1.165) is 26.1 Å². The van der Waals surface area contributed by atoms with Crippen LogP contribution in [0.1, 0.15) is 51.0 Å². The third-order valence-electron chi connectivity index (χ3n) is 4.32. The standard InChI is InChI=1S/C16H29N3O/c1-14-12-17-19(13-14)11-6-3-5-9-18-10-7-4-8-16(18)15(2)20/h12-13,15-16,20H,3-11H2,1-2H3. The van der Waals surface area contributed by atoms with Gasteiger partial charge >= 0.3 is 0 Å². The average molecular weight is 279 g/mol. The third kappa shape index (κ3) is 4.60. The predicted molar refractivity (Wildman–Crippen MR) is 81.7 cm³/mol. The van der Waals surface area contributed by atoms with Gasteiger partial charge in [-0.05, 0) is 58.2 Å². The van der Waals surface area contributed by atoms with E-state index >= 15 is 0 Å². The second kappa shape index (κ2) is 7.79. The first kappa shape index (κ1) is 15.5. The summed E-state index contributed by atoms with van der Waals surface area (Å²) in [5, 5.41) is 14.2. The second-order valence-electron chi connectivity index (χ2n) is 6.18. The van der Waals surface area contributed by atoms with Crippen molar-refractivity contribution in [2.24, 2.45) is 0 Å². The fourth-order valence-corrected chi connectivity index (χ4v) is 3.20. The van der Waals surface area contributed by atoms with E-state index in [2.05, 4.69) is 23.1 Å². The molecule has 0 saturated carbocycles. The fourth-order valence-electron chi connectivity index (χ4n) is 3.20. The molecule has 0 aromatic carbocycles. The lowest BCUT2D eigenvalue weighted by atomic mass is 9.98. The Bertz CT molecular complexity index is 389. The summed E-state index contributed by atoms with van der Waals surface area (Å²) in [5.41, 5.74) is 1.23. The highest BCUT2D eigenvalue weighted by molar-refractivity contribution is 4.99. The van der Waals surface area contributed by atoms with Crippen LogP contribution in [0, 0.1) is 6.92 Å². The van der Waals surface area contributed by atoms with Gasteiger partial charge in [0.2, 0.25) is 0 Å². The van der Waals surface area contributed by atoms with Crippen LogP contribution in [-0.2, 0) is 6.54 Å². The minimum Gasteiger partial charge on any atom is -0.392 e. The van der Waals surface area contributed by atoms with Crippen molar-refractivity contribution in [2.45, 2.75) is 71.1 Å². The van der Waals surface area contributed by atoms with Crippen molar-refractivity contribution in [3.05, 3.63) is 18.0 Å². The van der Waals surface area contributed by atoms with Crippen LogP contribution in [0.25, 0.3) is 0 Å². The number of aliphatic hydroxyl groups excluding tert-OH is 1. The molecule has 0 bridgehead atoms. The van der Waals surface area contributed by atoms with E-state index in [9.17, 15) is 5.11 Å². The molecule has 2 rings (SSSR count). The van der Waals surface area contributed by atoms with E-state index in [-0.39, 0.29) is 6.10 Å². The van der Waals surface area contributed by atoms with Crippen LogP contribution >= 0.6 is 0 Å². The summed E-state index contributed by atoms with van der Waals surface area (Å²) in [6.07, 6.45) is 11.2. The number of unbranched alkanes of at least 4 members (excludes halogenated alkanes) is 2. The number of hydrogen-bond donors (Lipinski definition) is 1. The Hall–Kier alpha value is -0.870. The molecule has 114 valence electrons. The number of aryl methyl sites for hydroxylation is 2. The molecule has 0 radical (unpaired) electrons. The molecule has 1 saturated heterocycles. The number of hydrogen-bond acceptors (Lipinski definition) is 3. The van der Waals surface area contributed by atoms with Gasteiger partial charge in [-0.25, -0.2) is 0 Å². The molecule has 20 heavy (non-hydrogen) atoms. The summed E-state index contributed by atoms with van der Waals surface area (Å²) in [6.45, 7) is 7.33. The zero-order valence-corrected chi connectivity index (χ0v) is 13.0. The first-order valence-electron chi connectivity index (χ1n) is 8.08. The molecule has 2 unspecified atom stereocenters. The molecule has 2 atom stereocenters. The topological polar surface area (TPSA) is 41.3 Å². The van der Waals surface area contributed by atoms with Crippen molar-refractivity contribution in [3.8, 4) is 0 Å². The van der Waals surface area contributed by atoms with Gasteiger partial charge in [-0.1, -0.05) is 12.8 Å². The van der Waals surface area contributed by atoms with Crippen LogP contribution in [0.15, 0.2) is 12.4 Å². The van der Waals surface area contributed by atoms with Crippen LogP contribution in [0.2, 0.25) is 0 Å². The largest absolute Gasteiger partial charge is 0.392 e. The van der Waals surface area contributed by atoms with Crippen LogP contribution in [0.5, 0.6) is 0 Å². The Kier molecular flexibility index (Phi) is 6.05. The molecule has 1 aliphatic heterocycles. The third-order valence-corrected chi connectivity index (χ3v) is 4.32. The van der Waals surface area contributed by atoms with Crippen molar-refractivity contribution in [1.29, 1.82) is 0 Å². The maximum absolute atomic E-state index is 9.85. The van der Waals surface area contributed by atoms with Crippen molar-refractivity contribution in [2.75, 3.05) is 13.1 Å². The summed E-state index contributed by atoms with van der Waals surface area (Å²) in [5.74, 6) is 0. The first-order valence-corrected chi connectivity index (χ1v) is 8.08. The van der Waals surface area contributed by atoms with Gasteiger partial charge in [0, 0.05) is 18.8 Å². The van der Waals surface area contributed by atoms with Crippen molar-refractivity contribution >= 4 is 0 Å². The highest BCUT2D eigenvalue weighted by Crippen LogP contribution is 2.20. The number of piperidine rings is 1. The summed E-state index contributed by atoms with van der Waals surface area (Å²) < 4.78 is 2.04. The van der Waals surface area contributed by atoms with Crippen LogP contribution in [0.3, 0.4) is 0 Å². The van der Waals surface area contributed by atoms with E-state index in [4.69, 9.17) is 0 Å². The molecule has 0 spiro atoms. The summed E-state index contributed by atoms with van der Waals surface area (Å²) in [4.78, 5) is 2.49. The van der Waals surface area contributed by atoms with Gasteiger partial charge in [0.25, 0.3) is 0 Å². The van der Waals surface area contributed by atoms with E-state index < -0.39 is 0 Å². The molecule has 2 heterocycles. The Balaban J connectivity index is 1.62. The summed E-state index contributed by atoms with van der Waals surface area (Å²) >= 11 is 0. The first-order chi connectivity index (χ1) is 9.66. The molecule has 4 nitrogen and oxygen atoms in total. The molecule has 0 amide bonds. The van der Waals surface area contributed by atoms with Gasteiger partial charge in [-0.3, -0.25) is 9.58 Å². The van der Waals surface area contributed by atoms with Gasteiger partial charge in [0.15, 0.2) is 0 Å². The van der Waals surface area contributed by atoms with Crippen LogP contribution < -0.4 is 0 Å². The number of rotatable bonds is 7. The smallest absolute Gasteiger partial charge is 0.0667 e. The van der Waals surface area contributed by atoms with Gasteiger partial charge < -0.3 is 5.11 Å². The zero-order valence-electron chi connectivity index (χ0n) is 13.0. The predicted octanol–water partition coefficient (Wildman–Crippen LogP) is 2.60. The average Bonchev–Trinajstić information content (AvgIpc) is 2.84. The van der Waals surface area contributed by atoms with E-state index in [0.29, 0.717) is 6.04 Å². The minimum absolute atomic E-state index is 0.192. The minimum atomic E-state index is -0.192. The Morgan fingerprint density at radius 2 is 2.10 bits per heavy atom. The maximum atomic E-state index is 9.85. The molecule has 1 aliphatic rings. The molecule has 1 aromatic rings. The van der Waals surface area contributed by atoms with Gasteiger partial charge in [0.1, 0.15) is 0 Å². The summed E-state index contributed by atoms with van der Waals surface area (Å²) in [7, 11) is 0. The van der Waals surface area contributed by atoms with Crippen LogP contribution in [-0.4, -0.2) is 45.0 Å². The highest BCUT2D eigenvalue weighted by Gasteiger charge is 2.25. The van der Waals surface area contributed by atoms with Crippen molar-refractivity contribution in [3.63, 3.8) is 0 Å².